The largest absolute Gasteiger partial charge is 0.309 e. The minimum atomic E-state index is -0.585. The number of benzene rings is 2. The molecular weight excluding hydrogens is 427 g/mol. The number of rotatable bonds is 5. The summed E-state index contributed by atoms with van der Waals surface area (Å²) in [6.45, 7) is 1.85. The second-order valence-corrected chi connectivity index (χ2v) is 7.69. The summed E-state index contributed by atoms with van der Waals surface area (Å²) in [6.07, 6.45) is 0. The number of fused-ring (bicyclic) bond motifs is 1. The number of nitrogens with zero attached hydrogens (tertiary/aromatic N) is 3. The van der Waals surface area contributed by atoms with Gasteiger partial charge in [-0.2, -0.15) is 5.10 Å². The maximum Gasteiger partial charge on any atom is 0.262 e. The average molecular weight is 443 g/mol. The Bertz CT molecular complexity index is 1130. The molecule has 2 aromatic carbocycles. The highest BCUT2D eigenvalue weighted by molar-refractivity contribution is 6.43. The molecule has 0 fully saturated rings. The van der Waals surface area contributed by atoms with Gasteiger partial charge in [0, 0.05) is 6.07 Å². The number of hydrogen-bond donors (Lipinski definition) is 1. The van der Waals surface area contributed by atoms with Gasteiger partial charge in [-0.25, -0.2) is 4.68 Å². The van der Waals surface area contributed by atoms with Crippen LogP contribution in [-0.4, -0.2) is 38.9 Å². The predicted octanol–water partition coefficient (Wildman–Crippen LogP) is 3.78. The molecular formula is C21H16Cl2N4O3. The minimum absolute atomic E-state index is 0.132. The number of nitrogens with one attached hydrogen (secondary N) is 1. The highest BCUT2D eigenvalue weighted by atomic mass is 35.5. The number of carbonyl (C=O) groups is 3. The Balaban J connectivity index is 1.50. The summed E-state index contributed by atoms with van der Waals surface area (Å²) in [4.78, 5) is 38.6. The molecule has 0 unspecified atom stereocenters. The van der Waals surface area contributed by atoms with Gasteiger partial charge in [0.2, 0.25) is 5.91 Å². The number of aryl methyl sites for hydroxylation is 1. The highest BCUT2D eigenvalue weighted by Gasteiger charge is 2.37. The zero-order chi connectivity index (χ0) is 21.4. The van der Waals surface area contributed by atoms with Crippen molar-refractivity contribution in [2.75, 3.05) is 11.9 Å². The van der Waals surface area contributed by atoms with Gasteiger partial charge in [-0.3, -0.25) is 19.3 Å². The summed E-state index contributed by atoms with van der Waals surface area (Å²) in [6, 6.07) is 14.1. The van der Waals surface area contributed by atoms with Crippen molar-refractivity contribution in [3.63, 3.8) is 0 Å². The van der Waals surface area contributed by atoms with Gasteiger partial charge in [0.15, 0.2) is 0 Å². The number of hydrogen-bond acceptors (Lipinski definition) is 4. The van der Waals surface area contributed by atoms with Crippen LogP contribution in [0.2, 0.25) is 10.0 Å². The van der Waals surface area contributed by atoms with Crippen molar-refractivity contribution in [3.8, 4) is 0 Å². The van der Waals surface area contributed by atoms with Crippen LogP contribution >= 0.6 is 23.2 Å². The van der Waals surface area contributed by atoms with Crippen LogP contribution in [0.15, 0.2) is 48.5 Å². The molecule has 3 aromatic rings. The van der Waals surface area contributed by atoms with Gasteiger partial charge in [-0.15, -0.1) is 0 Å². The summed E-state index contributed by atoms with van der Waals surface area (Å²) in [7, 11) is 0. The van der Waals surface area contributed by atoms with E-state index in [1.54, 1.807) is 10.7 Å². The van der Waals surface area contributed by atoms with E-state index < -0.39 is 24.3 Å². The SMILES string of the molecule is Cc1cc(NC(=O)CN2C(=O)c3cc(Cl)c(Cl)cc3C2=O)n(Cc2ccccc2)n1. The van der Waals surface area contributed by atoms with E-state index >= 15 is 0 Å². The second kappa shape index (κ2) is 7.93. The van der Waals surface area contributed by atoms with E-state index in [9.17, 15) is 14.4 Å². The van der Waals surface area contributed by atoms with Gasteiger partial charge in [0.05, 0.1) is 33.4 Å². The smallest absolute Gasteiger partial charge is 0.262 e. The second-order valence-electron chi connectivity index (χ2n) is 6.87. The first-order chi connectivity index (χ1) is 14.3. The van der Waals surface area contributed by atoms with Gasteiger partial charge in [-0.05, 0) is 24.6 Å². The fourth-order valence-electron chi connectivity index (χ4n) is 3.28. The first kappa shape index (κ1) is 20.1. The van der Waals surface area contributed by atoms with Crippen LogP contribution in [-0.2, 0) is 11.3 Å². The van der Waals surface area contributed by atoms with Crippen molar-refractivity contribution in [2.45, 2.75) is 13.5 Å². The van der Waals surface area contributed by atoms with Crippen LogP contribution < -0.4 is 5.32 Å². The van der Waals surface area contributed by atoms with E-state index in [2.05, 4.69) is 10.4 Å². The molecule has 0 saturated carbocycles. The maximum absolute atomic E-state index is 12.6. The maximum atomic E-state index is 12.6. The molecule has 2 heterocycles. The van der Waals surface area contributed by atoms with Gasteiger partial charge >= 0.3 is 0 Å². The Morgan fingerprint density at radius 2 is 1.60 bits per heavy atom. The quantitative estimate of drug-likeness (QED) is 0.609. The van der Waals surface area contributed by atoms with Crippen LogP contribution in [0.25, 0.3) is 0 Å². The van der Waals surface area contributed by atoms with E-state index in [0.717, 1.165) is 16.2 Å². The Morgan fingerprint density at radius 3 is 2.20 bits per heavy atom. The predicted molar refractivity (Wildman–Crippen MR) is 113 cm³/mol. The Morgan fingerprint density at radius 1 is 1.00 bits per heavy atom. The summed E-state index contributed by atoms with van der Waals surface area (Å²) in [5, 5.41) is 7.47. The van der Waals surface area contributed by atoms with Gasteiger partial charge in [-0.1, -0.05) is 53.5 Å². The molecule has 1 N–H and O–H groups in total. The lowest BCUT2D eigenvalue weighted by Crippen LogP contribution is -2.37. The standard InChI is InChI=1S/C21H16Cl2N4O3/c1-12-7-18(27(25-12)10-13-5-3-2-4-6-13)24-19(28)11-26-20(29)14-8-16(22)17(23)9-15(14)21(26)30/h2-9H,10-11H2,1H3,(H,24,28). The molecule has 7 nitrogen and oxygen atoms in total. The third kappa shape index (κ3) is 3.81. The summed E-state index contributed by atoms with van der Waals surface area (Å²) >= 11 is 11.9. The third-order valence-corrected chi connectivity index (χ3v) is 5.38. The van der Waals surface area contributed by atoms with Crippen molar-refractivity contribution in [1.29, 1.82) is 0 Å². The average Bonchev–Trinajstić information content (AvgIpc) is 3.15. The van der Waals surface area contributed by atoms with E-state index in [1.165, 1.54) is 12.1 Å². The lowest BCUT2D eigenvalue weighted by atomic mass is 10.1. The van der Waals surface area contributed by atoms with Crippen LogP contribution in [0.3, 0.4) is 0 Å². The van der Waals surface area contributed by atoms with Crippen LogP contribution in [0.1, 0.15) is 32.0 Å². The number of anilines is 1. The monoisotopic (exact) mass is 442 g/mol. The molecule has 0 aliphatic carbocycles. The summed E-state index contributed by atoms with van der Waals surface area (Å²) < 4.78 is 1.66. The van der Waals surface area contributed by atoms with Crippen LogP contribution in [0.4, 0.5) is 5.82 Å². The first-order valence-corrected chi connectivity index (χ1v) is 9.82. The Labute approximate surface area is 182 Å². The van der Waals surface area contributed by atoms with E-state index in [-0.39, 0.29) is 21.2 Å². The summed E-state index contributed by atoms with van der Waals surface area (Å²) in [5.74, 6) is -1.21. The van der Waals surface area contributed by atoms with E-state index in [4.69, 9.17) is 23.2 Å². The fourth-order valence-corrected chi connectivity index (χ4v) is 3.60. The molecule has 152 valence electrons. The van der Waals surface area contributed by atoms with Crippen LogP contribution in [0, 0.1) is 6.92 Å². The lowest BCUT2D eigenvalue weighted by molar-refractivity contribution is -0.116. The van der Waals surface area contributed by atoms with Crippen molar-refractivity contribution in [1.82, 2.24) is 14.7 Å². The Kier molecular flexibility index (Phi) is 5.32. The molecule has 30 heavy (non-hydrogen) atoms. The van der Waals surface area contributed by atoms with Crippen molar-refractivity contribution < 1.29 is 14.4 Å². The molecule has 0 saturated heterocycles. The highest BCUT2D eigenvalue weighted by Crippen LogP contribution is 2.31. The topological polar surface area (TPSA) is 84.3 Å². The zero-order valence-corrected chi connectivity index (χ0v) is 17.4. The fraction of sp³-hybridized carbons (Fsp3) is 0.143. The summed E-state index contributed by atoms with van der Waals surface area (Å²) in [5.41, 5.74) is 2.01. The Hall–Kier alpha value is -3.16. The first-order valence-electron chi connectivity index (χ1n) is 9.07. The third-order valence-electron chi connectivity index (χ3n) is 4.66. The van der Waals surface area contributed by atoms with Crippen molar-refractivity contribution in [2.24, 2.45) is 0 Å². The molecule has 4 rings (SSSR count). The van der Waals surface area contributed by atoms with Gasteiger partial charge in [0.25, 0.3) is 11.8 Å². The molecule has 9 heteroatoms. The van der Waals surface area contributed by atoms with Gasteiger partial charge < -0.3 is 5.32 Å². The number of aromatic nitrogens is 2. The van der Waals surface area contributed by atoms with Crippen molar-refractivity contribution in [3.05, 3.63) is 81.0 Å². The van der Waals surface area contributed by atoms with E-state index in [1.807, 2.05) is 37.3 Å². The van der Waals surface area contributed by atoms with Gasteiger partial charge in [0.1, 0.15) is 12.4 Å². The minimum Gasteiger partial charge on any atom is -0.309 e. The van der Waals surface area contributed by atoms with Crippen LogP contribution in [0.5, 0.6) is 0 Å². The number of halogens is 2. The molecule has 0 atom stereocenters. The molecule has 1 aromatic heterocycles. The van der Waals surface area contributed by atoms with E-state index in [0.29, 0.717) is 12.4 Å². The zero-order valence-electron chi connectivity index (χ0n) is 15.9. The number of imide groups is 1. The normalized spacial score (nSPS) is 13.0. The number of carbonyl (C=O) groups excluding carboxylic acids is 3. The molecule has 1 aliphatic heterocycles. The lowest BCUT2D eigenvalue weighted by Gasteiger charge is -2.14. The number of amides is 3. The molecule has 0 bridgehead atoms. The molecule has 3 amide bonds. The molecule has 1 aliphatic rings. The van der Waals surface area contributed by atoms with Crippen molar-refractivity contribution >= 4 is 46.7 Å². The molecule has 0 radical (unpaired) electrons. The molecule has 0 spiro atoms.